The molecule has 2 saturated carbocycles. The summed E-state index contributed by atoms with van der Waals surface area (Å²) in [5.74, 6) is 1.43. The number of nitrogens with two attached hydrogens (primary N) is 1. The van der Waals surface area contributed by atoms with Crippen molar-refractivity contribution in [3.05, 3.63) is 10.7 Å². The summed E-state index contributed by atoms with van der Waals surface area (Å²) in [7, 11) is 0. The van der Waals surface area contributed by atoms with Gasteiger partial charge < -0.3 is 5.73 Å². The quantitative estimate of drug-likeness (QED) is 0.829. The van der Waals surface area contributed by atoms with Crippen LogP contribution in [-0.2, 0) is 0 Å². The van der Waals surface area contributed by atoms with Crippen molar-refractivity contribution in [1.82, 2.24) is 4.98 Å². The molecule has 0 aliphatic heterocycles. The Hall–Kier alpha value is -0.570. The maximum absolute atomic E-state index is 6.09. The molecule has 15 heavy (non-hydrogen) atoms. The fourth-order valence-electron chi connectivity index (χ4n) is 2.53. The zero-order valence-electron chi connectivity index (χ0n) is 9.04. The van der Waals surface area contributed by atoms with Gasteiger partial charge in [0.2, 0.25) is 0 Å². The van der Waals surface area contributed by atoms with Crippen molar-refractivity contribution in [3.63, 3.8) is 0 Å². The Morgan fingerprint density at radius 2 is 1.73 bits per heavy atom. The second-order valence-corrected chi connectivity index (χ2v) is 5.97. The highest BCUT2D eigenvalue weighted by molar-refractivity contribution is 7.15. The first kappa shape index (κ1) is 9.64. The van der Waals surface area contributed by atoms with Gasteiger partial charge in [0.1, 0.15) is 5.00 Å². The second-order valence-electron chi connectivity index (χ2n) is 4.91. The monoisotopic (exact) mass is 222 g/mol. The Labute approximate surface area is 94.9 Å². The summed E-state index contributed by atoms with van der Waals surface area (Å²) in [6, 6.07) is 0. The van der Waals surface area contributed by atoms with Crippen LogP contribution in [0.5, 0.6) is 0 Å². The third-order valence-corrected chi connectivity index (χ3v) is 4.68. The number of hydrogen-bond donors (Lipinski definition) is 1. The van der Waals surface area contributed by atoms with Gasteiger partial charge in [-0.25, -0.2) is 4.98 Å². The predicted molar refractivity (Wildman–Crippen MR) is 64.3 cm³/mol. The maximum atomic E-state index is 6.09. The van der Waals surface area contributed by atoms with E-state index in [0.29, 0.717) is 5.92 Å². The molecule has 2 fully saturated rings. The minimum absolute atomic E-state index is 0.669. The van der Waals surface area contributed by atoms with Gasteiger partial charge in [-0.05, 0) is 25.7 Å². The summed E-state index contributed by atoms with van der Waals surface area (Å²) in [5, 5.41) is 2.32. The minimum atomic E-state index is 0.669. The molecule has 0 aromatic carbocycles. The summed E-state index contributed by atoms with van der Waals surface area (Å²) in [5.41, 5.74) is 7.33. The van der Waals surface area contributed by atoms with Crippen LogP contribution in [0.4, 0.5) is 5.00 Å². The first-order valence-electron chi connectivity index (χ1n) is 6.10. The van der Waals surface area contributed by atoms with Crippen LogP contribution in [-0.4, -0.2) is 4.98 Å². The van der Waals surface area contributed by atoms with Gasteiger partial charge >= 0.3 is 0 Å². The Morgan fingerprint density at radius 1 is 1.00 bits per heavy atom. The van der Waals surface area contributed by atoms with Crippen LogP contribution in [0.15, 0.2) is 0 Å². The number of nitrogen functional groups attached to an aromatic ring is 1. The van der Waals surface area contributed by atoms with Crippen molar-refractivity contribution < 1.29 is 0 Å². The van der Waals surface area contributed by atoms with Crippen LogP contribution in [0.1, 0.15) is 67.5 Å². The normalized spacial score (nSPS) is 23.2. The van der Waals surface area contributed by atoms with Crippen molar-refractivity contribution in [1.29, 1.82) is 0 Å². The van der Waals surface area contributed by atoms with Gasteiger partial charge in [0, 0.05) is 11.8 Å². The van der Waals surface area contributed by atoms with Gasteiger partial charge in [-0.1, -0.05) is 19.3 Å². The van der Waals surface area contributed by atoms with Gasteiger partial charge in [-0.15, -0.1) is 11.3 Å². The van der Waals surface area contributed by atoms with E-state index in [-0.39, 0.29) is 0 Å². The second kappa shape index (κ2) is 3.78. The molecule has 0 bridgehead atoms. The van der Waals surface area contributed by atoms with Crippen molar-refractivity contribution in [3.8, 4) is 0 Å². The molecule has 2 aliphatic rings. The average molecular weight is 222 g/mol. The third-order valence-electron chi connectivity index (χ3n) is 3.62. The summed E-state index contributed by atoms with van der Waals surface area (Å²) >= 11 is 1.75. The molecule has 3 heteroatoms. The van der Waals surface area contributed by atoms with E-state index in [9.17, 15) is 0 Å². The van der Waals surface area contributed by atoms with Crippen LogP contribution in [0.2, 0.25) is 0 Å². The summed E-state index contributed by atoms with van der Waals surface area (Å²) in [4.78, 5) is 4.79. The molecule has 1 heterocycles. The molecule has 3 rings (SSSR count). The molecule has 0 radical (unpaired) electrons. The van der Waals surface area contributed by atoms with Gasteiger partial charge in [0.25, 0.3) is 0 Å². The molecule has 0 spiro atoms. The predicted octanol–water partition coefficient (Wildman–Crippen LogP) is 3.65. The molecule has 0 atom stereocenters. The number of aromatic nitrogens is 1. The lowest BCUT2D eigenvalue weighted by Crippen LogP contribution is -2.06. The van der Waals surface area contributed by atoms with Gasteiger partial charge in [0.05, 0.1) is 10.7 Å². The summed E-state index contributed by atoms with van der Waals surface area (Å²) in [6.07, 6.45) is 9.39. The van der Waals surface area contributed by atoms with E-state index < -0.39 is 0 Å². The molecule has 2 nitrogen and oxygen atoms in total. The fraction of sp³-hybridized carbons (Fsp3) is 0.750. The molecular formula is C12H18N2S. The lowest BCUT2D eigenvalue weighted by molar-refractivity contribution is 0.438. The number of anilines is 1. The number of thiazole rings is 1. The number of nitrogens with zero attached hydrogens (tertiary/aromatic N) is 1. The Bertz CT molecular complexity index is 349. The number of hydrogen-bond acceptors (Lipinski definition) is 3. The van der Waals surface area contributed by atoms with Crippen LogP contribution in [0, 0.1) is 0 Å². The van der Waals surface area contributed by atoms with Crippen molar-refractivity contribution >= 4 is 16.3 Å². The molecule has 1 aromatic rings. The average Bonchev–Trinajstić information content (AvgIpc) is 3.04. The highest BCUT2D eigenvalue weighted by atomic mass is 32.1. The van der Waals surface area contributed by atoms with Crippen molar-refractivity contribution in [2.24, 2.45) is 0 Å². The van der Waals surface area contributed by atoms with E-state index in [2.05, 4.69) is 0 Å². The molecule has 1 aromatic heterocycles. The minimum Gasteiger partial charge on any atom is -0.389 e. The van der Waals surface area contributed by atoms with Gasteiger partial charge in [-0.2, -0.15) is 0 Å². The SMILES string of the molecule is Nc1sc(C2CC2)nc1C1CCCCC1. The summed E-state index contributed by atoms with van der Waals surface area (Å²) < 4.78 is 0. The molecule has 2 aliphatic carbocycles. The maximum Gasteiger partial charge on any atom is 0.110 e. The first-order chi connectivity index (χ1) is 7.34. The molecule has 0 unspecified atom stereocenters. The fourth-order valence-corrected chi connectivity index (χ4v) is 3.62. The molecule has 0 amide bonds. The van der Waals surface area contributed by atoms with E-state index in [1.807, 2.05) is 0 Å². The smallest absolute Gasteiger partial charge is 0.110 e. The summed E-state index contributed by atoms with van der Waals surface area (Å²) in [6.45, 7) is 0. The lowest BCUT2D eigenvalue weighted by Gasteiger charge is -2.20. The Kier molecular flexibility index (Phi) is 2.43. The highest BCUT2D eigenvalue weighted by Gasteiger charge is 2.29. The van der Waals surface area contributed by atoms with E-state index in [0.717, 1.165) is 10.9 Å². The van der Waals surface area contributed by atoms with Crippen molar-refractivity contribution in [2.45, 2.75) is 56.8 Å². The van der Waals surface area contributed by atoms with E-state index >= 15 is 0 Å². The van der Waals surface area contributed by atoms with Gasteiger partial charge in [-0.3, -0.25) is 0 Å². The van der Waals surface area contributed by atoms with Crippen LogP contribution < -0.4 is 5.73 Å². The Morgan fingerprint density at radius 3 is 2.40 bits per heavy atom. The molecule has 2 N–H and O–H groups in total. The van der Waals surface area contributed by atoms with Crippen molar-refractivity contribution in [2.75, 3.05) is 5.73 Å². The zero-order valence-corrected chi connectivity index (χ0v) is 9.85. The van der Waals surface area contributed by atoms with Crippen LogP contribution in [0.3, 0.4) is 0 Å². The lowest BCUT2D eigenvalue weighted by atomic mass is 9.87. The standard InChI is InChI=1S/C12H18N2S/c13-11-10(8-4-2-1-3-5-8)14-12(15-11)9-6-7-9/h8-9H,1-7,13H2. The largest absolute Gasteiger partial charge is 0.389 e. The van der Waals surface area contributed by atoms with E-state index in [4.69, 9.17) is 10.7 Å². The molecule has 82 valence electrons. The van der Waals surface area contributed by atoms with Gasteiger partial charge in [0.15, 0.2) is 0 Å². The zero-order chi connectivity index (χ0) is 10.3. The number of rotatable bonds is 2. The molecular weight excluding hydrogens is 204 g/mol. The van der Waals surface area contributed by atoms with Crippen LogP contribution in [0.25, 0.3) is 0 Å². The molecule has 0 saturated heterocycles. The van der Waals surface area contributed by atoms with E-state index in [1.54, 1.807) is 11.3 Å². The Balaban J connectivity index is 1.82. The third kappa shape index (κ3) is 1.89. The first-order valence-corrected chi connectivity index (χ1v) is 6.92. The topological polar surface area (TPSA) is 38.9 Å². The van der Waals surface area contributed by atoms with Crippen LogP contribution >= 0.6 is 11.3 Å². The van der Waals surface area contributed by atoms with E-state index in [1.165, 1.54) is 55.6 Å². The highest BCUT2D eigenvalue weighted by Crippen LogP contribution is 2.45.